The number of hydrogen-bond acceptors (Lipinski definition) is 3. The fraction of sp³-hybridized carbons (Fsp3) is 0.846. The molecule has 0 radical (unpaired) electrons. The van der Waals surface area contributed by atoms with Crippen LogP contribution in [0.25, 0.3) is 0 Å². The molecule has 1 amide bonds. The van der Waals surface area contributed by atoms with Gasteiger partial charge in [0.25, 0.3) is 0 Å². The molecule has 1 aliphatic rings. The van der Waals surface area contributed by atoms with Crippen molar-refractivity contribution in [3.05, 3.63) is 0 Å². The van der Waals surface area contributed by atoms with Gasteiger partial charge in [-0.3, -0.25) is 9.59 Å². The van der Waals surface area contributed by atoms with E-state index in [-0.39, 0.29) is 31.7 Å². The smallest absolute Gasteiger partial charge is 0.391 e. The third-order valence-electron chi connectivity index (χ3n) is 3.74. The van der Waals surface area contributed by atoms with Gasteiger partial charge in [0.05, 0.1) is 19.4 Å². The Morgan fingerprint density at radius 3 is 2.50 bits per heavy atom. The van der Waals surface area contributed by atoms with Gasteiger partial charge in [-0.25, -0.2) is 0 Å². The molecular weight excluding hydrogens is 275 g/mol. The Morgan fingerprint density at radius 1 is 1.30 bits per heavy atom. The summed E-state index contributed by atoms with van der Waals surface area (Å²) < 4.78 is 42.5. The molecule has 0 N–H and O–H groups in total. The third-order valence-corrected chi connectivity index (χ3v) is 3.74. The quantitative estimate of drug-likeness (QED) is 0.748. The Kier molecular flexibility index (Phi) is 5.83. The largest absolute Gasteiger partial charge is 0.469 e. The van der Waals surface area contributed by atoms with E-state index in [0.29, 0.717) is 12.8 Å². The number of nitrogens with zero attached hydrogens (tertiary/aromatic N) is 1. The van der Waals surface area contributed by atoms with Crippen LogP contribution in [0.5, 0.6) is 0 Å². The van der Waals surface area contributed by atoms with Crippen LogP contribution >= 0.6 is 0 Å². The van der Waals surface area contributed by atoms with Crippen LogP contribution in [0.4, 0.5) is 13.2 Å². The summed E-state index contributed by atoms with van der Waals surface area (Å²) >= 11 is 0. The van der Waals surface area contributed by atoms with Crippen LogP contribution in [0.3, 0.4) is 0 Å². The van der Waals surface area contributed by atoms with Gasteiger partial charge in [0.1, 0.15) is 0 Å². The predicted octanol–water partition coefficient (Wildman–Crippen LogP) is 2.38. The molecule has 1 fully saturated rings. The molecule has 1 rings (SSSR count). The Labute approximate surface area is 116 Å². The molecule has 0 bridgehead atoms. The highest BCUT2D eigenvalue weighted by Crippen LogP contribution is 2.40. The third kappa shape index (κ3) is 4.68. The molecule has 0 aliphatic heterocycles. The summed E-state index contributed by atoms with van der Waals surface area (Å²) in [6.07, 6.45) is -3.35. The van der Waals surface area contributed by atoms with Crippen LogP contribution < -0.4 is 0 Å². The predicted molar refractivity (Wildman–Crippen MR) is 65.8 cm³/mol. The van der Waals surface area contributed by atoms with Crippen molar-refractivity contribution < 1.29 is 27.5 Å². The van der Waals surface area contributed by atoms with Crippen molar-refractivity contribution in [2.24, 2.45) is 11.8 Å². The lowest BCUT2D eigenvalue weighted by atomic mass is 9.80. The summed E-state index contributed by atoms with van der Waals surface area (Å²) in [5.74, 6) is -2.75. The highest BCUT2D eigenvalue weighted by Gasteiger charge is 2.43. The fourth-order valence-corrected chi connectivity index (χ4v) is 2.49. The Bertz CT molecular complexity index is 357. The van der Waals surface area contributed by atoms with E-state index in [1.54, 1.807) is 0 Å². The van der Waals surface area contributed by atoms with Crippen molar-refractivity contribution >= 4 is 11.9 Å². The number of alkyl halides is 3. The molecule has 0 aromatic carbocycles. The van der Waals surface area contributed by atoms with Crippen LogP contribution in [0.1, 0.15) is 32.1 Å². The first-order valence-electron chi connectivity index (χ1n) is 6.64. The summed E-state index contributed by atoms with van der Waals surface area (Å²) in [6.45, 7) is 0.165. The minimum Gasteiger partial charge on any atom is -0.469 e. The average molecular weight is 295 g/mol. The first kappa shape index (κ1) is 16.8. The second kappa shape index (κ2) is 6.95. The van der Waals surface area contributed by atoms with Gasteiger partial charge in [-0.2, -0.15) is 13.2 Å². The van der Waals surface area contributed by atoms with E-state index in [4.69, 9.17) is 0 Å². The number of esters is 1. The number of hydrogen-bond donors (Lipinski definition) is 0. The van der Waals surface area contributed by atoms with Crippen LogP contribution in [0.2, 0.25) is 0 Å². The number of amides is 1. The van der Waals surface area contributed by atoms with Crippen molar-refractivity contribution in [2.45, 2.75) is 38.3 Å². The van der Waals surface area contributed by atoms with E-state index >= 15 is 0 Å². The Balaban J connectivity index is 2.51. The number of methoxy groups -OCH3 is 1. The molecule has 0 saturated heterocycles. The number of ether oxygens (including phenoxy) is 1. The molecule has 1 aliphatic carbocycles. The van der Waals surface area contributed by atoms with Crippen molar-refractivity contribution in [1.29, 1.82) is 0 Å². The van der Waals surface area contributed by atoms with Gasteiger partial charge < -0.3 is 9.64 Å². The Morgan fingerprint density at radius 2 is 1.95 bits per heavy atom. The normalized spacial score (nSPS) is 23.2. The fourth-order valence-electron chi connectivity index (χ4n) is 2.49. The zero-order valence-corrected chi connectivity index (χ0v) is 11.7. The van der Waals surface area contributed by atoms with Gasteiger partial charge >= 0.3 is 12.1 Å². The summed E-state index contributed by atoms with van der Waals surface area (Å²) in [4.78, 5) is 24.4. The molecule has 116 valence electrons. The van der Waals surface area contributed by atoms with Crippen LogP contribution in [0, 0.1) is 11.8 Å². The number of halogens is 3. The monoisotopic (exact) mass is 295 g/mol. The van der Waals surface area contributed by atoms with Crippen LogP contribution in [0.15, 0.2) is 0 Å². The summed E-state index contributed by atoms with van der Waals surface area (Å²) in [7, 11) is 2.75. The van der Waals surface area contributed by atoms with Crippen LogP contribution in [-0.4, -0.2) is 43.7 Å². The maximum atomic E-state index is 12.7. The summed E-state index contributed by atoms with van der Waals surface area (Å²) in [5, 5.41) is 0. The Hall–Kier alpha value is -1.27. The molecule has 1 saturated carbocycles. The molecular formula is C13H20F3NO3. The second-order valence-corrected chi connectivity index (χ2v) is 5.19. The maximum Gasteiger partial charge on any atom is 0.391 e. The molecule has 2 unspecified atom stereocenters. The second-order valence-electron chi connectivity index (χ2n) is 5.19. The summed E-state index contributed by atoms with van der Waals surface area (Å²) in [6, 6.07) is 0. The van der Waals surface area contributed by atoms with Crippen molar-refractivity contribution in [2.75, 3.05) is 20.7 Å². The maximum absolute atomic E-state index is 12.7. The SMILES string of the molecule is COC(=O)CCN(C)C(=O)C1CCCC(C(F)(F)F)C1. The van der Waals surface area contributed by atoms with E-state index in [1.807, 2.05) is 0 Å². The molecule has 2 atom stereocenters. The zero-order valence-electron chi connectivity index (χ0n) is 11.7. The first-order chi connectivity index (χ1) is 9.25. The topological polar surface area (TPSA) is 46.6 Å². The van der Waals surface area contributed by atoms with Gasteiger partial charge in [0.15, 0.2) is 0 Å². The standard InChI is InChI=1S/C13H20F3NO3/c1-17(7-6-11(18)20-2)12(19)9-4-3-5-10(8-9)13(14,15)16/h9-10H,3-8H2,1-2H3. The van der Waals surface area contributed by atoms with Crippen LogP contribution in [-0.2, 0) is 14.3 Å². The minimum atomic E-state index is -4.23. The molecule has 0 heterocycles. The van der Waals surface area contributed by atoms with Gasteiger partial charge in [0, 0.05) is 19.5 Å². The van der Waals surface area contributed by atoms with E-state index in [9.17, 15) is 22.8 Å². The highest BCUT2D eigenvalue weighted by atomic mass is 19.4. The van der Waals surface area contributed by atoms with Gasteiger partial charge in [0.2, 0.25) is 5.91 Å². The molecule has 0 spiro atoms. The van der Waals surface area contributed by atoms with Gasteiger partial charge in [-0.15, -0.1) is 0 Å². The molecule has 0 aromatic rings. The molecule has 20 heavy (non-hydrogen) atoms. The molecule has 0 aromatic heterocycles. The van der Waals surface area contributed by atoms with E-state index in [2.05, 4.69) is 4.74 Å². The lowest BCUT2D eigenvalue weighted by molar-refractivity contribution is -0.187. The first-order valence-corrected chi connectivity index (χ1v) is 6.64. The van der Waals surface area contributed by atoms with Crippen molar-refractivity contribution in [3.8, 4) is 0 Å². The van der Waals surface area contributed by atoms with E-state index in [0.717, 1.165) is 0 Å². The lowest BCUT2D eigenvalue weighted by Crippen LogP contribution is -2.39. The minimum absolute atomic E-state index is 0.0498. The number of rotatable bonds is 4. The van der Waals surface area contributed by atoms with E-state index < -0.39 is 24.0 Å². The summed E-state index contributed by atoms with van der Waals surface area (Å²) in [5.41, 5.74) is 0. The van der Waals surface area contributed by atoms with Crippen molar-refractivity contribution in [3.63, 3.8) is 0 Å². The molecule has 7 heteroatoms. The highest BCUT2D eigenvalue weighted by molar-refractivity contribution is 5.79. The molecule has 4 nitrogen and oxygen atoms in total. The number of carbonyl (C=O) groups excluding carboxylic acids is 2. The van der Waals surface area contributed by atoms with Gasteiger partial charge in [-0.1, -0.05) is 6.42 Å². The number of carbonyl (C=O) groups is 2. The van der Waals surface area contributed by atoms with Gasteiger partial charge in [-0.05, 0) is 19.3 Å². The lowest BCUT2D eigenvalue weighted by Gasteiger charge is -2.32. The van der Waals surface area contributed by atoms with E-state index in [1.165, 1.54) is 19.1 Å². The zero-order chi connectivity index (χ0) is 15.3. The average Bonchev–Trinajstić information content (AvgIpc) is 2.42. The van der Waals surface area contributed by atoms with Crippen molar-refractivity contribution in [1.82, 2.24) is 4.90 Å².